The van der Waals surface area contributed by atoms with Gasteiger partial charge in [0.2, 0.25) is 5.91 Å². The number of hydrogen-bond donors (Lipinski definition) is 2. The highest BCUT2D eigenvalue weighted by Gasteiger charge is 2.05. The van der Waals surface area contributed by atoms with Crippen LogP contribution in [0, 0.1) is 12.7 Å². The van der Waals surface area contributed by atoms with E-state index in [1.54, 1.807) is 12.1 Å². The average molecular weight is 304 g/mol. The minimum Gasteiger partial charge on any atom is -0.399 e. The van der Waals surface area contributed by atoms with Crippen molar-refractivity contribution in [2.45, 2.75) is 18.4 Å². The normalized spacial score (nSPS) is 10.4. The molecule has 0 aliphatic heterocycles. The van der Waals surface area contributed by atoms with Gasteiger partial charge in [0.15, 0.2) is 0 Å². The molecule has 0 atom stereocenters. The summed E-state index contributed by atoms with van der Waals surface area (Å²) in [7, 11) is 0. The first-order chi connectivity index (χ1) is 10.0. The summed E-state index contributed by atoms with van der Waals surface area (Å²) in [6.45, 7) is 2.37. The molecule has 2 aromatic carbocycles. The number of benzene rings is 2. The third kappa shape index (κ3) is 4.79. The van der Waals surface area contributed by atoms with Crippen LogP contribution in [0.25, 0.3) is 0 Å². The van der Waals surface area contributed by atoms with E-state index in [9.17, 15) is 9.18 Å². The third-order valence-corrected chi connectivity index (χ3v) is 4.14. The molecule has 0 spiro atoms. The lowest BCUT2D eigenvalue weighted by Gasteiger charge is -2.07. The Morgan fingerprint density at radius 3 is 2.62 bits per heavy atom. The van der Waals surface area contributed by atoms with Crippen molar-refractivity contribution in [3.63, 3.8) is 0 Å². The number of anilines is 1. The number of thioether (sulfide) groups is 1. The molecule has 0 radical (unpaired) electrons. The van der Waals surface area contributed by atoms with Gasteiger partial charge in [0, 0.05) is 17.1 Å². The zero-order valence-corrected chi connectivity index (χ0v) is 12.5. The number of carbonyl (C=O) groups excluding carboxylic acids is 1. The van der Waals surface area contributed by atoms with Gasteiger partial charge < -0.3 is 11.1 Å². The zero-order chi connectivity index (χ0) is 15.2. The lowest BCUT2D eigenvalue weighted by atomic mass is 10.2. The molecule has 0 unspecified atom stereocenters. The molecular formula is C16H17FN2OS. The summed E-state index contributed by atoms with van der Waals surface area (Å²) in [5, 5.41) is 2.81. The van der Waals surface area contributed by atoms with E-state index in [4.69, 9.17) is 5.73 Å². The first-order valence-electron chi connectivity index (χ1n) is 6.54. The number of halogens is 1. The van der Waals surface area contributed by atoms with Crippen LogP contribution >= 0.6 is 11.8 Å². The van der Waals surface area contributed by atoms with Crippen molar-refractivity contribution in [2.24, 2.45) is 0 Å². The van der Waals surface area contributed by atoms with Crippen molar-refractivity contribution in [1.82, 2.24) is 5.32 Å². The number of nitrogens with one attached hydrogen (secondary N) is 1. The van der Waals surface area contributed by atoms with Crippen LogP contribution in [0.2, 0.25) is 0 Å². The minimum absolute atomic E-state index is 0.0550. The van der Waals surface area contributed by atoms with E-state index in [0.29, 0.717) is 12.3 Å². The Balaban J connectivity index is 1.80. The maximum absolute atomic E-state index is 12.8. The van der Waals surface area contributed by atoms with Crippen molar-refractivity contribution >= 4 is 23.4 Å². The van der Waals surface area contributed by atoms with E-state index >= 15 is 0 Å². The molecule has 2 aromatic rings. The largest absolute Gasteiger partial charge is 0.399 e. The molecular weight excluding hydrogens is 287 g/mol. The van der Waals surface area contributed by atoms with Crippen molar-refractivity contribution in [3.8, 4) is 0 Å². The van der Waals surface area contributed by atoms with Gasteiger partial charge >= 0.3 is 0 Å². The van der Waals surface area contributed by atoms with Gasteiger partial charge in [0.05, 0.1) is 5.75 Å². The Morgan fingerprint density at radius 2 is 1.95 bits per heavy atom. The molecule has 0 bridgehead atoms. The number of amides is 1. The maximum atomic E-state index is 12.8. The van der Waals surface area contributed by atoms with Gasteiger partial charge in [0.1, 0.15) is 5.82 Å². The lowest BCUT2D eigenvalue weighted by molar-refractivity contribution is -0.118. The molecule has 0 fully saturated rings. The van der Waals surface area contributed by atoms with Crippen molar-refractivity contribution in [2.75, 3.05) is 11.5 Å². The van der Waals surface area contributed by atoms with E-state index in [2.05, 4.69) is 5.32 Å². The van der Waals surface area contributed by atoms with Crippen LogP contribution in [-0.2, 0) is 11.3 Å². The van der Waals surface area contributed by atoms with Gasteiger partial charge in [-0.3, -0.25) is 4.79 Å². The molecule has 5 heteroatoms. The van der Waals surface area contributed by atoms with Crippen molar-refractivity contribution < 1.29 is 9.18 Å². The van der Waals surface area contributed by atoms with Crippen LogP contribution in [-0.4, -0.2) is 11.7 Å². The number of carbonyl (C=O) groups is 1. The van der Waals surface area contributed by atoms with Gasteiger partial charge in [-0.25, -0.2) is 4.39 Å². The monoisotopic (exact) mass is 304 g/mol. The Morgan fingerprint density at radius 1 is 1.24 bits per heavy atom. The van der Waals surface area contributed by atoms with Crippen LogP contribution in [0.15, 0.2) is 47.4 Å². The van der Waals surface area contributed by atoms with E-state index in [0.717, 1.165) is 21.7 Å². The Labute approximate surface area is 127 Å². The summed E-state index contributed by atoms with van der Waals surface area (Å²) in [4.78, 5) is 12.8. The maximum Gasteiger partial charge on any atom is 0.230 e. The van der Waals surface area contributed by atoms with Gasteiger partial charge in [-0.2, -0.15) is 0 Å². The van der Waals surface area contributed by atoms with E-state index < -0.39 is 0 Å². The molecule has 0 aromatic heterocycles. The highest BCUT2D eigenvalue weighted by molar-refractivity contribution is 8.00. The second-order valence-corrected chi connectivity index (χ2v) is 5.73. The summed E-state index contributed by atoms with van der Waals surface area (Å²) in [6.07, 6.45) is 0. The molecule has 0 heterocycles. The fraction of sp³-hybridized carbons (Fsp3) is 0.188. The summed E-state index contributed by atoms with van der Waals surface area (Å²) < 4.78 is 12.8. The fourth-order valence-corrected chi connectivity index (χ4v) is 2.67. The molecule has 0 saturated heterocycles. The first kappa shape index (κ1) is 15.4. The fourth-order valence-electron chi connectivity index (χ4n) is 1.83. The molecule has 0 aliphatic rings. The second-order valence-electron chi connectivity index (χ2n) is 4.72. The predicted octanol–water partition coefficient (Wildman–Crippen LogP) is 3.12. The number of nitrogen functional groups attached to an aromatic ring is 1. The number of hydrogen-bond acceptors (Lipinski definition) is 3. The first-order valence-corrected chi connectivity index (χ1v) is 7.53. The Kier molecular flexibility index (Phi) is 5.22. The van der Waals surface area contributed by atoms with Crippen molar-refractivity contribution in [3.05, 3.63) is 59.4 Å². The molecule has 1 amide bonds. The van der Waals surface area contributed by atoms with E-state index in [1.165, 1.54) is 23.9 Å². The topological polar surface area (TPSA) is 55.1 Å². The summed E-state index contributed by atoms with van der Waals surface area (Å²) in [5.74, 6) is 0.00591. The second kappa shape index (κ2) is 7.13. The molecule has 3 nitrogen and oxygen atoms in total. The predicted molar refractivity (Wildman–Crippen MR) is 84.6 cm³/mol. The highest BCUT2D eigenvalue weighted by Crippen LogP contribution is 2.23. The number of rotatable bonds is 5. The summed E-state index contributed by atoms with van der Waals surface area (Å²) in [6, 6.07) is 11.7. The van der Waals surface area contributed by atoms with Crippen LogP contribution in [0.3, 0.4) is 0 Å². The quantitative estimate of drug-likeness (QED) is 0.659. The highest BCUT2D eigenvalue weighted by atomic mass is 32.2. The summed E-state index contributed by atoms with van der Waals surface area (Å²) in [5.41, 5.74) is 8.35. The summed E-state index contributed by atoms with van der Waals surface area (Å²) >= 11 is 1.47. The Hall–Kier alpha value is -2.01. The molecule has 0 aliphatic carbocycles. The van der Waals surface area contributed by atoms with Crippen LogP contribution < -0.4 is 11.1 Å². The van der Waals surface area contributed by atoms with E-state index in [1.807, 2.05) is 25.1 Å². The van der Waals surface area contributed by atoms with Crippen molar-refractivity contribution in [1.29, 1.82) is 0 Å². The standard InChI is InChI=1S/C16H17FN2OS/c1-11-8-14(18)6-7-15(11)21-10-16(20)19-9-12-2-4-13(17)5-3-12/h2-8H,9-10,18H2,1H3,(H,19,20). The van der Waals surface area contributed by atoms with Crippen LogP contribution in [0.5, 0.6) is 0 Å². The van der Waals surface area contributed by atoms with Crippen LogP contribution in [0.4, 0.5) is 10.1 Å². The molecule has 110 valence electrons. The van der Waals surface area contributed by atoms with Gasteiger partial charge in [0.25, 0.3) is 0 Å². The smallest absolute Gasteiger partial charge is 0.230 e. The lowest BCUT2D eigenvalue weighted by Crippen LogP contribution is -2.24. The van der Waals surface area contributed by atoms with Gasteiger partial charge in [-0.15, -0.1) is 11.8 Å². The Bertz CT molecular complexity index is 629. The third-order valence-electron chi connectivity index (χ3n) is 2.96. The number of nitrogens with two attached hydrogens (primary N) is 1. The SMILES string of the molecule is Cc1cc(N)ccc1SCC(=O)NCc1ccc(F)cc1. The average Bonchev–Trinajstić information content (AvgIpc) is 2.46. The minimum atomic E-state index is -0.278. The molecule has 3 N–H and O–H groups in total. The van der Waals surface area contributed by atoms with E-state index in [-0.39, 0.29) is 11.7 Å². The van der Waals surface area contributed by atoms with Gasteiger partial charge in [-0.05, 0) is 48.4 Å². The number of aryl methyl sites for hydroxylation is 1. The van der Waals surface area contributed by atoms with Crippen LogP contribution in [0.1, 0.15) is 11.1 Å². The molecule has 0 saturated carbocycles. The molecule has 2 rings (SSSR count). The van der Waals surface area contributed by atoms with Gasteiger partial charge in [-0.1, -0.05) is 12.1 Å². The zero-order valence-electron chi connectivity index (χ0n) is 11.7. The molecule has 21 heavy (non-hydrogen) atoms.